The van der Waals surface area contributed by atoms with E-state index in [2.05, 4.69) is 21.3 Å². The van der Waals surface area contributed by atoms with Gasteiger partial charge in [-0.25, -0.2) is 0 Å². The van der Waals surface area contributed by atoms with Crippen molar-refractivity contribution >= 4 is 11.5 Å². The summed E-state index contributed by atoms with van der Waals surface area (Å²) in [7, 11) is 1.71. The predicted octanol–water partition coefficient (Wildman–Crippen LogP) is 2.85. The minimum atomic E-state index is 0.198. The first-order valence-electron chi connectivity index (χ1n) is 9.95. The molecule has 0 amide bonds. The van der Waals surface area contributed by atoms with E-state index in [1.165, 1.54) is 0 Å². The number of phenolic OH excluding ortho intramolecular Hbond substituents is 1. The molecule has 0 saturated carbocycles. The minimum absolute atomic E-state index is 0.198. The summed E-state index contributed by atoms with van der Waals surface area (Å²) in [5, 5.41) is 9.44. The van der Waals surface area contributed by atoms with Crippen molar-refractivity contribution in [1.29, 1.82) is 0 Å². The minimum Gasteiger partial charge on any atom is -0.508 e. The molecule has 0 radical (unpaired) electrons. The summed E-state index contributed by atoms with van der Waals surface area (Å²) >= 11 is 0. The first kappa shape index (κ1) is 20.4. The Morgan fingerprint density at radius 1 is 1.11 bits per heavy atom. The summed E-state index contributed by atoms with van der Waals surface area (Å²) in [6.45, 7) is 9.66. The van der Waals surface area contributed by atoms with Gasteiger partial charge in [-0.1, -0.05) is 0 Å². The Balaban J connectivity index is 1.56. The Morgan fingerprint density at radius 2 is 1.79 bits per heavy atom. The molecule has 1 aromatic heterocycles. The van der Waals surface area contributed by atoms with Crippen LogP contribution in [-0.4, -0.2) is 66.8 Å². The van der Waals surface area contributed by atoms with E-state index >= 15 is 0 Å². The van der Waals surface area contributed by atoms with Gasteiger partial charge in [0.25, 0.3) is 0 Å². The first-order valence-corrected chi connectivity index (χ1v) is 9.95. The molecular formula is C22H31N3O3. The van der Waals surface area contributed by atoms with Crippen molar-refractivity contribution in [3.05, 3.63) is 47.3 Å². The average molecular weight is 386 g/mol. The third-order valence-corrected chi connectivity index (χ3v) is 5.56. The summed E-state index contributed by atoms with van der Waals surface area (Å²) < 4.78 is 7.36. The van der Waals surface area contributed by atoms with Crippen LogP contribution in [0.4, 0.5) is 5.69 Å². The number of rotatable bonds is 8. The fourth-order valence-electron chi connectivity index (χ4n) is 3.91. The Bertz CT molecular complexity index is 790. The van der Waals surface area contributed by atoms with E-state index in [0.717, 1.165) is 68.4 Å². The third kappa shape index (κ3) is 4.75. The normalized spacial score (nSPS) is 15.2. The number of aromatic hydroxyl groups is 1. The van der Waals surface area contributed by atoms with Crippen molar-refractivity contribution in [2.45, 2.75) is 26.8 Å². The largest absolute Gasteiger partial charge is 0.508 e. The van der Waals surface area contributed by atoms with Crippen LogP contribution in [-0.2, 0) is 11.3 Å². The first-order chi connectivity index (χ1) is 13.5. The van der Waals surface area contributed by atoms with E-state index in [1.807, 2.05) is 25.1 Å². The van der Waals surface area contributed by atoms with E-state index in [-0.39, 0.29) is 11.5 Å². The Kier molecular flexibility index (Phi) is 6.75. The molecule has 0 atom stereocenters. The van der Waals surface area contributed by atoms with Gasteiger partial charge in [-0.2, -0.15) is 0 Å². The lowest BCUT2D eigenvalue weighted by Crippen LogP contribution is -2.48. The molecule has 0 bridgehead atoms. The number of phenols is 1. The molecule has 1 N–H and O–H groups in total. The molecule has 1 aliphatic rings. The molecule has 28 heavy (non-hydrogen) atoms. The van der Waals surface area contributed by atoms with Crippen LogP contribution in [0.25, 0.3) is 0 Å². The number of hydrogen-bond acceptors (Lipinski definition) is 5. The fourth-order valence-corrected chi connectivity index (χ4v) is 3.91. The molecule has 2 heterocycles. The van der Waals surface area contributed by atoms with Crippen molar-refractivity contribution in [1.82, 2.24) is 9.47 Å². The van der Waals surface area contributed by atoms with Gasteiger partial charge in [-0.15, -0.1) is 0 Å². The number of methoxy groups -OCH3 is 1. The number of hydrogen-bond donors (Lipinski definition) is 1. The van der Waals surface area contributed by atoms with Gasteiger partial charge in [0.1, 0.15) is 5.75 Å². The van der Waals surface area contributed by atoms with Crippen LogP contribution in [0.2, 0.25) is 0 Å². The second-order valence-electron chi connectivity index (χ2n) is 7.49. The van der Waals surface area contributed by atoms with Crippen LogP contribution in [0.15, 0.2) is 30.3 Å². The topological polar surface area (TPSA) is 57.9 Å². The number of ketones is 1. The lowest BCUT2D eigenvalue weighted by atomic mass is 10.1. The number of nitrogens with zero attached hydrogens (tertiary/aromatic N) is 3. The van der Waals surface area contributed by atoms with E-state index in [0.29, 0.717) is 6.54 Å². The highest BCUT2D eigenvalue weighted by Crippen LogP contribution is 2.21. The molecule has 152 valence electrons. The molecule has 3 rings (SSSR count). The number of aryl methyl sites for hydroxylation is 1. The Hall–Kier alpha value is -2.31. The number of carbonyl (C=O) groups excluding carboxylic acids is 1. The molecule has 0 aliphatic carbocycles. The number of aromatic nitrogens is 1. The van der Waals surface area contributed by atoms with Gasteiger partial charge >= 0.3 is 0 Å². The summed E-state index contributed by atoms with van der Waals surface area (Å²) in [4.78, 5) is 17.4. The number of benzene rings is 1. The SMILES string of the molecule is COCCCn1c(C)cc(C(=O)CN2CCN(c3ccc(O)cc3)CC2)c1C. The summed E-state index contributed by atoms with van der Waals surface area (Å²) in [6, 6.07) is 9.33. The monoisotopic (exact) mass is 385 g/mol. The zero-order valence-electron chi connectivity index (χ0n) is 17.1. The van der Waals surface area contributed by atoms with Crippen molar-refractivity contribution in [3.63, 3.8) is 0 Å². The van der Waals surface area contributed by atoms with Gasteiger partial charge in [-0.3, -0.25) is 9.69 Å². The number of carbonyl (C=O) groups is 1. The summed E-state index contributed by atoms with van der Waals surface area (Å²) in [5.74, 6) is 0.483. The van der Waals surface area contributed by atoms with Crippen molar-refractivity contribution in [3.8, 4) is 5.75 Å². The van der Waals surface area contributed by atoms with Gasteiger partial charge in [-0.05, 0) is 50.6 Å². The van der Waals surface area contributed by atoms with Gasteiger partial charge in [0.15, 0.2) is 5.78 Å². The molecule has 0 spiro atoms. The zero-order valence-corrected chi connectivity index (χ0v) is 17.1. The van der Waals surface area contributed by atoms with E-state index in [1.54, 1.807) is 19.2 Å². The molecule has 6 heteroatoms. The highest BCUT2D eigenvalue weighted by Gasteiger charge is 2.22. The number of piperazine rings is 1. The molecule has 1 fully saturated rings. The number of Topliss-reactive ketones (excluding diaryl/α,β-unsaturated/α-hetero) is 1. The Labute approximate surface area is 167 Å². The molecular weight excluding hydrogens is 354 g/mol. The lowest BCUT2D eigenvalue weighted by molar-refractivity contribution is 0.0925. The quantitative estimate of drug-likeness (QED) is 0.559. The van der Waals surface area contributed by atoms with Crippen LogP contribution < -0.4 is 4.90 Å². The second kappa shape index (κ2) is 9.26. The maximum atomic E-state index is 12.9. The lowest BCUT2D eigenvalue weighted by Gasteiger charge is -2.35. The average Bonchev–Trinajstić information content (AvgIpc) is 2.98. The number of anilines is 1. The highest BCUT2D eigenvalue weighted by atomic mass is 16.5. The zero-order chi connectivity index (χ0) is 20.1. The summed E-state index contributed by atoms with van der Waals surface area (Å²) in [6.07, 6.45) is 0.944. The van der Waals surface area contributed by atoms with E-state index in [4.69, 9.17) is 4.74 Å². The molecule has 0 unspecified atom stereocenters. The number of ether oxygens (including phenoxy) is 1. The van der Waals surface area contributed by atoms with Crippen LogP contribution in [0, 0.1) is 13.8 Å². The van der Waals surface area contributed by atoms with E-state index in [9.17, 15) is 9.90 Å². The van der Waals surface area contributed by atoms with Crippen LogP contribution in [0.5, 0.6) is 5.75 Å². The Morgan fingerprint density at radius 3 is 2.43 bits per heavy atom. The summed E-state index contributed by atoms with van der Waals surface area (Å²) in [5.41, 5.74) is 4.15. The highest BCUT2D eigenvalue weighted by molar-refractivity contribution is 5.99. The van der Waals surface area contributed by atoms with Crippen LogP contribution in [0.1, 0.15) is 28.2 Å². The second-order valence-corrected chi connectivity index (χ2v) is 7.49. The third-order valence-electron chi connectivity index (χ3n) is 5.56. The van der Waals surface area contributed by atoms with Gasteiger partial charge in [0.2, 0.25) is 0 Å². The molecule has 2 aromatic rings. The van der Waals surface area contributed by atoms with Crippen molar-refractivity contribution < 1.29 is 14.6 Å². The van der Waals surface area contributed by atoms with Crippen molar-refractivity contribution in [2.24, 2.45) is 0 Å². The van der Waals surface area contributed by atoms with Crippen molar-refractivity contribution in [2.75, 3.05) is 51.3 Å². The smallest absolute Gasteiger partial charge is 0.178 e. The molecule has 1 aliphatic heterocycles. The van der Waals surface area contributed by atoms with Gasteiger partial charge in [0.05, 0.1) is 6.54 Å². The van der Waals surface area contributed by atoms with Crippen LogP contribution in [0.3, 0.4) is 0 Å². The van der Waals surface area contributed by atoms with E-state index < -0.39 is 0 Å². The molecule has 1 aromatic carbocycles. The maximum absolute atomic E-state index is 12.9. The van der Waals surface area contributed by atoms with Crippen LogP contribution >= 0.6 is 0 Å². The maximum Gasteiger partial charge on any atom is 0.178 e. The standard InChI is InChI=1S/C22H31N3O3/c1-17-15-21(18(2)25(17)9-4-14-28-3)22(27)16-23-10-12-24(13-11-23)19-5-7-20(26)8-6-19/h5-8,15,26H,4,9-14,16H2,1-3H3. The van der Waals surface area contributed by atoms with Gasteiger partial charge < -0.3 is 19.3 Å². The molecule has 6 nitrogen and oxygen atoms in total. The van der Waals surface area contributed by atoms with Gasteiger partial charge in [0, 0.05) is 69.1 Å². The fraction of sp³-hybridized carbons (Fsp3) is 0.500. The molecule has 1 saturated heterocycles. The predicted molar refractivity (Wildman–Crippen MR) is 111 cm³/mol.